The molecule has 4 rings (SSSR count). The van der Waals surface area contributed by atoms with E-state index in [1.807, 2.05) is 11.9 Å². The van der Waals surface area contributed by atoms with Crippen LogP contribution in [0, 0.1) is 0 Å². The topological polar surface area (TPSA) is 94.1 Å². The van der Waals surface area contributed by atoms with E-state index in [4.69, 9.17) is 4.42 Å². The van der Waals surface area contributed by atoms with Crippen molar-refractivity contribution in [3.63, 3.8) is 0 Å². The van der Waals surface area contributed by atoms with Crippen molar-refractivity contribution in [3.8, 4) is 22.8 Å². The van der Waals surface area contributed by atoms with Crippen LogP contribution in [-0.4, -0.2) is 46.5 Å². The Morgan fingerprint density at radius 2 is 1.78 bits per heavy atom. The van der Waals surface area contributed by atoms with Crippen LogP contribution in [0.25, 0.3) is 22.3 Å². The molecular weight excluding hydrogens is 451 g/mol. The molecule has 0 saturated carbocycles. The van der Waals surface area contributed by atoms with Crippen molar-refractivity contribution in [3.05, 3.63) is 57.7 Å². The number of aromatic hydroxyl groups is 2. The summed E-state index contributed by atoms with van der Waals surface area (Å²) >= 11 is 0. The van der Waals surface area contributed by atoms with Gasteiger partial charge in [0.25, 0.3) is 0 Å². The summed E-state index contributed by atoms with van der Waals surface area (Å²) in [4.78, 5) is 14.7. The first-order valence-corrected chi connectivity index (χ1v) is 9.63. The predicted molar refractivity (Wildman–Crippen MR) is 114 cm³/mol. The van der Waals surface area contributed by atoms with E-state index >= 15 is 0 Å². The van der Waals surface area contributed by atoms with Crippen molar-refractivity contribution >= 4 is 23.4 Å². The highest BCUT2D eigenvalue weighted by atomic mass is 35.5. The molecule has 2 atom stereocenters. The van der Waals surface area contributed by atoms with Crippen LogP contribution < -0.4 is 5.43 Å². The zero-order valence-corrected chi connectivity index (χ0v) is 17.7. The molecule has 3 N–H and O–H groups in total. The van der Waals surface area contributed by atoms with Crippen LogP contribution >= 0.6 is 12.4 Å². The van der Waals surface area contributed by atoms with Gasteiger partial charge in [0.15, 0.2) is 5.43 Å². The average Bonchev–Trinajstić information content (AvgIpc) is 3.06. The second kappa shape index (κ2) is 8.65. The minimum Gasteiger partial charge on any atom is -0.507 e. The van der Waals surface area contributed by atoms with Crippen LogP contribution in [0.4, 0.5) is 13.2 Å². The van der Waals surface area contributed by atoms with Crippen molar-refractivity contribution in [1.82, 2.24) is 4.90 Å². The molecule has 0 aliphatic carbocycles. The van der Waals surface area contributed by atoms with Crippen molar-refractivity contribution in [2.75, 3.05) is 20.2 Å². The maximum Gasteiger partial charge on any atom is 0.416 e. The van der Waals surface area contributed by atoms with Gasteiger partial charge in [-0.25, -0.2) is 0 Å². The number of aliphatic hydroxyl groups is 1. The monoisotopic (exact) mass is 471 g/mol. The summed E-state index contributed by atoms with van der Waals surface area (Å²) in [6.07, 6.45) is -3.93. The molecule has 0 spiro atoms. The number of hydrogen-bond acceptors (Lipinski definition) is 6. The lowest BCUT2D eigenvalue weighted by Gasteiger charge is -2.24. The molecule has 1 aliphatic heterocycles. The van der Waals surface area contributed by atoms with Crippen LogP contribution in [0.3, 0.4) is 0 Å². The molecule has 10 heteroatoms. The fourth-order valence-electron chi connectivity index (χ4n) is 4.26. The lowest BCUT2D eigenvalue weighted by atomic mass is 9.89. The van der Waals surface area contributed by atoms with Crippen LogP contribution in [-0.2, 0) is 6.18 Å². The average molecular weight is 472 g/mol. The molecule has 2 unspecified atom stereocenters. The second-order valence-electron chi connectivity index (χ2n) is 7.71. The third-order valence-electron chi connectivity index (χ3n) is 5.88. The number of aliphatic hydroxyl groups excluding tert-OH is 1. The van der Waals surface area contributed by atoms with Crippen LogP contribution in [0.5, 0.6) is 11.5 Å². The summed E-state index contributed by atoms with van der Waals surface area (Å²) in [5, 5.41) is 30.5. The molecule has 172 valence electrons. The van der Waals surface area contributed by atoms with Crippen LogP contribution in [0.15, 0.2) is 45.6 Å². The van der Waals surface area contributed by atoms with Gasteiger partial charge in [-0.1, -0.05) is 12.1 Å². The second-order valence-corrected chi connectivity index (χ2v) is 7.71. The zero-order chi connectivity index (χ0) is 22.5. The number of alkyl halides is 3. The van der Waals surface area contributed by atoms with E-state index in [1.165, 1.54) is 12.1 Å². The summed E-state index contributed by atoms with van der Waals surface area (Å²) in [6, 6.07) is 5.97. The van der Waals surface area contributed by atoms with Gasteiger partial charge in [-0.15, -0.1) is 12.4 Å². The van der Waals surface area contributed by atoms with E-state index in [0.29, 0.717) is 13.0 Å². The number of rotatable bonds is 3. The van der Waals surface area contributed by atoms with Crippen molar-refractivity contribution < 1.29 is 32.9 Å². The van der Waals surface area contributed by atoms with E-state index < -0.39 is 22.9 Å². The maximum atomic E-state index is 12.9. The molecule has 2 aromatic carbocycles. The number of halogens is 4. The molecule has 1 saturated heterocycles. The number of hydrogen-bond donors (Lipinski definition) is 3. The lowest BCUT2D eigenvalue weighted by molar-refractivity contribution is -0.137. The number of likely N-dealkylation sites (tertiary alicyclic amines) is 1. The Kier molecular flexibility index (Phi) is 6.46. The maximum absolute atomic E-state index is 12.9. The number of nitrogens with zero attached hydrogens (tertiary/aromatic N) is 1. The Morgan fingerprint density at radius 3 is 2.38 bits per heavy atom. The minimum absolute atomic E-state index is 0. The van der Waals surface area contributed by atoms with Crippen LogP contribution in [0.2, 0.25) is 0 Å². The van der Waals surface area contributed by atoms with E-state index in [1.54, 1.807) is 0 Å². The molecule has 1 aromatic heterocycles. The molecular formula is C22H21ClF3NO5. The van der Waals surface area contributed by atoms with Gasteiger partial charge >= 0.3 is 6.18 Å². The first kappa shape index (κ1) is 23.9. The van der Waals surface area contributed by atoms with E-state index in [2.05, 4.69) is 0 Å². The summed E-state index contributed by atoms with van der Waals surface area (Å²) in [5.74, 6) is -1.11. The number of likely N-dealkylation sites (N-methyl/N-ethyl adjacent to an activating group) is 1. The highest BCUT2D eigenvalue weighted by Gasteiger charge is 2.36. The fraction of sp³-hybridized carbons (Fsp3) is 0.318. The fourth-order valence-corrected chi connectivity index (χ4v) is 4.26. The third kappa shape index (κ3) is 4.03. The molecule has 2 heterocycles. The molecule has 6 nitrogen and oxygen atoms in total. The van der Waals surface area contributed by atoms with E-state index in [9.17, 15) is 33.3 Å². The van der Waals surface area contributed by atoms with Gasteiger partial charge in [0.05, 0.1) is 12.2 Å². The van der Waals surface area contributed by atoms with Crippen LogP contribution in [0.1, 0.15) is 23.5 Å². The Bertz CT molecular complexity index is 1190. The number of phenols is 2. The number of benzene rings is 2. The van der Waals surface area contributed by atoms with Crippen molar-refractivity contribution in [2.24, 2.45) is 0 Å². The highest BCUT2D eigenvalue weighted by Crippen LogP contribution is 2.44. The van der Waals surface area contributed by atoms with E-state index in [-0.39, 0.29) is 64.6 Å². The van der Waals surface area contributed by atoms with E-state index in [0.717, 1.165) is 24.3 Å². The minimum atomic E-state index is -4.50. The Labute approximate surface area is 186 Å². The number of fused-ring (bicyclic) bond motifs is 1. The van der Waals surface area contributed by atoms with Crippen molar-refractivity contribution in [2.45, 2.75) is 24.6 Å². The normalized spacial score (nSPS) is 19.3. The molecule has 0 amide bonds. The summed E-state index contributed by atoms with van der Waals surface area (Å²) < 4.78 is 44.5. The third-order valence-corrected chi connectivity index (χ3v) is 5.88. The quantitative estimate of drug-likeness (QED) is 0.532. The zero-order valence-electron chi connectivity index (χ0n) is 16.9. The molecule has 1 fully saturated rings. The first-order chi connectivity index (χ1) is 14.6. The molecule has 0 bridgehead atoms. The van der Waals surface area contributed by atoms with Gasteiger partial charge in [0.2, 0.25) is 0 Å². The standard InChI is InChI=1S/C22H20F3NO5.ClH/c1-26-7-6-13(14(26)10-27)19-15(28)8-16(29)20-17(30)9-18(31-21(19)20)11-2-4-12(5-3-11)22(23,24)25;/h2-5,8-9,13-14,27-29H,6-7,10H2,1H3;1H. The lowest BCUT2D eigenvalue weighted by Crippen LogP contribution is -2.32. The van der Waals surface area contributed by atoms with Gasteiger partial charge in [0, 0.05) is 35.2 Å². The van der Waals surface area contributed by atoms with Gasteiger partial charge in [-0.05, 0) is 32.1 Å². The molecule has 0 radical (unpaired) electrons. The summed E-state index contributed by atoms with van der Waals surface area (Å²) in [7, 11) is 1.82. The molecule has 32 heavy (non-hydrogen) atoms. The van der Waals surface area contributed by atoms with Crippen molar-refractivity contribution in [1.29, 1.82) is 0 Å². The Morgan fingerprint density at radius 1 is 1.12 bits per heavy atom. The van der Waals surface area contributed by atoms with Gasteiger partial charge in [0.1, 0.15) is 28.2 Å². The molecule has 3 aromatic rings. The first-order valence-electron chi connectivity index (χ1n) is 9.63. The summed E-state index contributed by atoms with van der Waals surface area (Å²) in [6.45, 7) is 0.451. The SMILES string of the molecule is CN1CCC(c2c(O)cc(O)c3c(=O)cc(-c4ccc(C(F)(F)F)cc4)oc23)C1CO.Cl. The highest BCUT2D eigenvalue weighted by molar-refractivity contribution is 5.89. The number of phenolic OH excluding ortho intramolecular Hbond substituents is 2. The largest absolute Gasteiger partial charge is 0.507 e. The van der Waals surface area contributed by atoms with Gasteiger partial charge in [-0.2, -0.15) is 13.2 Å². The predicted octanol–water partition coefficient (Wildman–Crippen LogP) is 4.09. The Balaban J connectivity index is 0.00000289. The van der Waals surface area contributed by atoms with Gasteiger partial charge in [-0.3, -0.25) is 4.79 Å². The summed E-state index contributed by atoms with van der Waals surface area (Å²) in [5.41, 5.74) is -0.958. The Hall–Kier alpha value is -2.75. The molecule has 1 aliphatic rings. The smallest absolute Gasteiger partial charge is 0.416 e. The van der Waals surface area contributed by atoms with Gasteiger partial charge < -0.3 is 24.6 Å².